The third-order valence-corrected chi connectivity index (χ3v) is 1.66. The van der Waals surface area contributed by atoms with E-state index in [-0.39, 0.29) is 6.42 Å². The van der Waals surface area contributed by atoms with Crippen LogP contribution in [-0.2, 0) is 4.74 Å². The minimum atomic E-state index is -2.93. The number of aliphatic hydroxyl groups is 1. The van der Waals surface area contributed by atoms with E-state index in [1.807, 2.05) is 0 Å². The van der Waals surface area contributed by atoms with Crippen molar-refractivity contribution < 1.29 is 23.5 Å². The standard InChI is InChI=1S/C5H7F2NO4/c6-5(7)4-2(8(10)11)1-3(9)12-4/h2-5,9H,1H2/t2-,3+,4?/m0/s1. The highest BCUT2D eigenvalue weighted by Crippen LogP contribution is 2.25. The van der Waals surface area contributed by atoms with Gasteiger partial charge in [-0.15, -0.1) is 0 Å². The van der Waals surface area contributed by atoms with Gasteiger partial charge in [0.05, 0.1) is 6.42 Å². The molecule has 0 bridgehead atoms. The Balaban J connectivity index is 2.65. The first-order valence-electron chi connectivity index (χ1n) is 3.27. The highest BCUT2D eigenvalue weighted by Gasteiger charge is 2.47. The van der Waals surface area contributed by atoms with Crippen LogP contribution in [0.15, 0.2) is 0 Å². The quantitative estimate of drug-likeness (QED) is 0.483. The van der Waals surface area contributed by atoms with Gasteiger partial charge in [-0.25, -0.2) is 8.78 Å². The molecule has 1 saturated heterocycles. The Morgan fingerprint density at radius 3 is 2.58 bits per heavy atom. The number of ether oxygens (including phenoxy) is 1. The summed E-state index contributed by atoms with van der Waals surface area (Å²) in [5.41, 5.74) is 0. The molecule has 3 atom stereocenters. The fourth-order valence-corrected chi connectivity index (χ4v) is 1.10. The second-order valence-electron chi connectivity index (χ2n) is 2.48. The first-order chi connectivity index (χ1) is 5.52. The molecule has 0 aliphatic carbocycles. The molecule has 0 aromatic rings. The maximum absolute atomic E-state index is 12.0. The largest absolute Gasteiger partial charge is 0.368 e. The average Bonchev–Trinajstić information content (AvgIpc) is 2.31. The number of nitro groups is 1. The summed E-state index contributed by atoms with van der Waals surface area (Å²) in [6.45, 7) is 0. The molecule has 0 aromatic carbocycles. The fourth-order valence-electron chi connectivity index (χ4n) is 1.10. The maximum Gasteiger partial charge on any atom is 0.271 e. The predicted octanol–water partition coefficient (Wildman–Crippen LogP) is 0.00410. The first-order valence-corrected chi connectivity index (χ1v) is 3.27. The molecule has 1 heterocycles. The van der Waals surface area contributed by atoms with Gasteiger partial charge in [0, 0.05) is 4.92 Å². The van der Waals surface area contributed by atoms with Gasteiger partial charge in [-0.05, 0) is 0 Å². The van der Waals surface area contributed by atoms with Gasteiger partial charge >= 0.3 is 0 Å². The summed E-state index contributed by atoms with van der Waals surface area (Å²) in [7, 11) is 0. The van der Waals surface area contributed by atoms with E-state index in [9.17, 15) is 18.9 Å². The molecule has 0 saturated carbocycles. The number of hydrogen-bond donors (Lipinski definition) is 1. The lowest BCUT2D eigenvalue weighted by molar-refractivity contribution is -0.529. The minimum absolute atomic E-state index is 0.373. The van der Waals surface area contributed by atoms with Crippen molar-refractivity contribution in [3.63, 3.8) is 0 Å². The molecule has 0 radical (unpaired) electrons. The Morgan fingerprint density at radius 2 is 2.25 bits per heavy atom. The Kier molecular flexibility index (Phi) is 2.53. The van der Waals surface area contributed by atoms with Crippen molar-refractivity contribution in [3.05, 3.63) is 10.1 Å². The lowest BCUT2D eigenvalue weighted by Gasteiger charge is -2.09. The third-order valence-electron chi connectivity index (χ3n) is 1.66. The summed E-state index contributed by atoms with van der Waals surface area (Å²) >= 11 is 0. The highest BCUT2D eigenvalue weighted by molar-refractivity contribution is 4.79. The van der Waals surface area contributed by atoms with Gasteiger partial charge in [-0.3, -0.25) is 10.1 Å². The minimum Gasteiger partial charge on any atom is -0.368 e. The van der Waals surface area contributed by atoms with Crippen molar-refractivity contribution in [1.29, 1.82) is 0 Å². The van der Waals surface area contributed by atoms with Crippen LogP contribution in [0.5, 0.6) is 0 Å². The van der Waals surface area contributed by atoms with Crippen LogP contribution >= 0.6 is 0 Å². The topological polar surface area (TPSA) is 72.6 Å². The van der Waals surface area contributed by atoms with Crippen molar-refractivity contribution >= 4 is 0 Å². The van der Waals surface area contributed by atoms with E-state index in [1.54, 1.807) is 0 Å². The van der Waals surface area contributed by atoms with E-state index >= 15 is 0 Å². The molecule has 0 spiro atoms. The molecule has 7 heteroatoms. The van der Waals surface area contributed by atoms with Crippen LogP contribution in [0.1, 0.15) is 6.42 Å². The molecular weight excluding hydrogens is 176 g/mol. The van der Waals surface area contributed by atoms with Gasteiger partial charge in [0.1, 0.15) is 0 Å². The van der Waals surface area contributed by atoms with Crippen molar-refractivity contribution in [2.24, 2.45) is 0 Å². The van der Waals surface area contributed by atoms with Gasteiger partial charge in [-0.1, -0.05) is 0 Å². The van der Waals surface area contributed by atoms with Crippen molar-refractivity contribution in [1.82, 2.24) is 0 Å². The Morgan fingerprint density at radius 1 is 1.67 bits per heavy atom. The monoisotopic (exact) mass is 183 g/mol. The Labute approximate surface area is 66.1 Å². The van der Waals surface area contributed by atoms with Crippen molar-refractivity contribution in [3.8, 4) is 0 Å². The van der Waals surface area contributed by atoms with Crippen molar-refractivity contribution in [2.75, 3.05) is 0 Å². The third kappa shape index (κ3) is 1.67. The summed E-state index contributed by atoms with van der Waals surface area (Å²) in [6, 6.07) is -1.50. The normalized spacial score (nSPS) is 35.8. The number of hydrogen-bond acceptors (Lipinski definition) is 4. The predicted molar refractivity (Wildman–Crippen MR) is 32.3 cm³/mol. The highest BCUT2D eigenvalue weighted by atomic mass is 19.3. The number of aliphatic hydroxyl groups excluding tert-OH is 1. The van der Waals surface area contributed by atoms with E-state index < -0.39 is 29.8 Å². The number of rotatable bonds is 2. The van der Waals surface area contributed by atoms with Crippen LogP contribution in [0, 0.1) is 10.1 Å². The van der Waals surface area contributed by atoms with Crippen LogP contribution in [0.3, 0.4) is 0 Å². The van der Waals surface area contributed by atoms with Gasteiger partial charge in [-0.2, -0.15) is 0 Å². The lowest BCUT2D eigenvalue weighted by atomic mass is 10.1. The molecule has 12 heavy (non-hydrogen) atoms. The number of halogens is 2. The number of alkyl halides is 2. The smallest absolute Gasteiger partial charge is 0.271 e. The zero-order chi connectivity index (χ0) is 9.30. The summed E-state index contributed by atoms with van der Waals surface area (Å²) < 4.78 is 28.2. The van der Waals surface area contributed by atoms with Crippen LogP contribution in [0.2, 0.25) is 0 Å². The maximum atomic E-state index is 12.0. The molecule has 1 N–H and O–H groups in total. The molecular formula is C5H7F2NO4. The van der Waals surface area contributed by atoms with Crippen LogP contribution in [-0.4, -0.2) is 34.9 Å². The Bertz CT molecular complexity index is 188. The van der Waals surface area contributed by atoms with Crippen LogP contribution < -0.4 is 0 Å². The molecule has 70 valence electrons. The zero-order valence-electron chi connectivity index (χ0n) is 5.89. The van der Waals surface area contributed by atoms with Crippen molar-refractivity contribution in [2.45, 2.75) is 31.3 Å². The summed E-state index contributed by atoms with van der Waals surface area (Å²) in [4.78, 5) is 9.29. The average molecular weight is 183 g/mol. The van der Waals surface area contributed by atoms with E-state index in [4.69, 9.17) is 5.11 Å². The van der Waals surface area contributed by atoms with E-state index in [2.05, 4.69) is 4.74 Å². The summed E-state index contributed by atoms with van der Waals surface area (Å²) in [6.07, 6.45) is -6.53. The van der Waals surface area contributed by atoms with Gasteiger partial charge < -0.3 is 9.84 Å². The van der Waals surface area contributed by atoms with Gasteiger partial charge in [0.15, 0.2) is 12.4 Å². The molecule has 1 aliphatic rings. The van der Waals surface area contributed by atoms with E-state index in [0.717, 1.165) is 0 Å². The van der Waals surface area contributed by atoms with E-state index in [0.29, 0.717) is 0 Å². The second kappa shape index (κ2) is 3.28. The van der Waals surface area contributed by atoms with Gasteiger partial charge in [0.25, 0.3) is 6.43 Å². The first kappa shape index (κ1) is 9.27. The summed E-state index contributed by atoms with van der Waals surface area (Å²) in [5.74, 6) is 0. The summed E-state index contributed by atoms with van der Waals surface area (Å²) in [5, 5.41) is 18.9. The fraction of sp³-hybridized carbons (Fsp3) is 1.00. The molecule has 1 rings (SSSR count). The molecule has 0 amide bonds. The Hall–Kier alpha value is -0.820. The molecule has 1 fully saturated rings. The molecule has 1 aliphatic heterocycles. The SMILES string of the molecule is O=[N+]([O-])[C@H]1C[C@H](O)OC1C(F)F. The zero-order valence-corrected chi connectivity index (χ0v) is 5.89. The lowest BCUT2D eigenvalue weighted by Crippen LogP contribution is -2.34. The van der Waals surface area contributed by atoms with Crippen LogP contribution in [0.4, 0.5) is 8.78 Å². The van der Waals surface area contributed by atoms with Crippen LogP contribution in [0.25, 0.3) is 0 Å². The number of nitrogens with zero attached hydrogens (tertiary/aromatic N) is 1. The second-order valence-corrected chi connectivity index (χ2v) is 2.48. The molecule has 0 aromatic heterocycles. The molecule has 1 unspecified atom stereocenters. The van der Waals surface area contributed by atoms with E-state index in [1.165, 1.54) is 0 Å². The van der Waals surface area contributed by atoms with Gasteiger partial charge in [0.2, 0.25) is 6.04 Å². The molecule has 5 nitrogen and oxygen atoms in total.